The topological polar surface area (TPSA) is 82.8 Å². The minimum absolute atomic E-state index is 0.173. The molecule has 0 atom stereocenters. The van der Waals surface area contributed by atoms with E-state index < -0.39 is 10.0 Å². The molecule has 1 heterocycles. The van der Waals surface area contributed by atoms with Gasteiger partial charge in [-0.3, -0.25) is 0 Å². The van der Waals surface area contributed by atoms with Gasteiger partial charge in [-0.2, -0.15) is 5.26 Å². The summed E-state index contributed by atoms with van der Waals surface area (Å²) >= 11 is 1.50. The lowest BCUT2D eigenvalue weighted by Gasteiger charge is -2.08. The molecular formula is C14H15N3O2S2. The van der Waals surface area contributed by atoms with Crippen LogP contribution in [0, 0.1) is 18.3 Å². The quantitative estimate of drug-likeness (QED) is 0.916. The van der Waals surface area contributed by atoms with Crippen molar-refractivity contribution in [3.63, 3.8) is 0 Å². The number of rotatable bonds is 5. The fraction of sp³-hybridized carbons (Fsp3) is 0.286. The van der Waals surface area contributed by atoms with E-state index in [-0.39, 0.29) is 11.4 Å². The first-order chi connectivity index (χ1) is 9.96. The van der Waals surface area contributed by atoms with E-state index in [0.29, 0.717) is 11.1 Å². The van der Waals surface area contributed by atoms with Crippen LogP contribution in [0.3, 0.4) is 0 Å². The zero-order valence-electron chi connectivity index (χ0n) is 11.8. The molecule has 0 aliphatic heterocycles. The SMILES string of the molecule is CCc1cnc(CNS(=O)(=O)c2ccc(C#N)cc2C)s1. The van der Waals surface area contributed by atoms with E-state index in [2.05, 4.69) is 9.71 Å². The zero-order chi connectivity index (χ0) is 15.5. The minimum atomic E-state index is -3.60. The molecule has 0 aliphatic carbocycles. The van der Waals surface area contributed by atoms with Gasteiger partial charge in [0.1, 0.15) is 5.01 Å². The van der Waals surface area contributed by atoms with Crippen molar-refractivity contribution in [3.8, 4) is 6.07 Å². The molecule has 0 amide bonds. The lowest BCUT2D eigenvalue weighted by Crippen LogP contribution is -2.24. The summed E-state index contributed by atoms with van der Waals surface area (Å²) < 4.78 is 27.1. The van der Waals surface area contributed by atoms with Crippen LogP contribution in [0.15, 0.2) is 29.3 Å². The van der Waals surface area contributed by atoms with Gasteiger partial charge in [-0.25, -0.2) is 18.1 Å². The average Bonchev–Trinajstić information content (AvgIpc) is 2.93. The second-order valence-corrected chi connectivity index (χ2v) is 7.43. The van der Waals surface area contributed by atoms with E-state index in [1.807, 2.05) is 13.0 Å². The molecule has 2 aromatic rings. The van der Waals surface area contributed by atoms with Crippen molar-refractivity contribution in [2.24, 2.45) is 0 Å². The third kappa shape index (κ3) is 3.67. The van der Waals surface area contributed by atoms with Gasteiger partial charge in [0, 0.05) is 11.1 Å². The number of aryl methyl sites for hydroxylation is 2. The molecule has 0 aliphatic rings. The number of thiazole rings is 1. The molecule has 0 unspecified atom stereocenters. The smallest absolute Gasteiger partial charge is 0.241 e. The molecule has 2 rings (SSSR count). The molecule has 0 saturated carbocycles. The first-order valence-corrected chi connectivity index (χ1v) is 8.70. The molecule has 0 fully saturated rings. The van der Waals surface area contributed by atoms with Gasteiger partial charge in [0.25, 0.3) is 0 Å². The lowest BCUT2D eigenvalue weighted by molar-refractivity contribution is 0.580. The summed E-state index contributed by atoms with van der Waals surface area (Å²) in [7, 11) is -3.60. The second kappa shape index (κ2) is 6.35. The van der Waals surface area contributed by atoms with Crippen LogP contribution in [0.1, 0.15) is 27.9 Å². The minimum Gasteiger partial charge on any atom is -0.248 e. The molecule has 0 spiro atoms. The van der Waals surface area contributed by atoms with Crippen LogP contribution in [0.5, 0.6) is 0 Å². The number of hydrogen-bond donors (Lipinski definition) is 1. The Morgan fingerprint density at radius 1 is 1.43 bits per heavy atom. The van der Waals surface area contributed by atoms with Crippen LogP contribution in [0.2, 0.25) is 0 Å². The third-order valence-corrected chi connectivity index (χ3v) is 5.66. The number of nitriles is 1. The van der Waals surface area contributed by atoms with Gasteiger partial charge in [0.05, 0.1) is 23.1 Å². The Balaban J connectivity index is 2.17. The predicted molar refractivity (Wildman–Crippen MR) is 81.4 cm³/mol. The van der Waals surface area contributed by atoms with Gasteiger partial charge < -0.3 is 0 Å². The first kappa shape index (κ1) is 15.6. The van der Waals surface area contributed by atoms with Gasteiger partial charge in [-0.1, -0.05) is 6.92 Å². The lowest BCUT2D eigenvalue weighted by atomic mass is 10.2. The molecule has 0 radical (unpaired) electrons. The fourth-order valence-corrected chi connectivity index (χ4v) is 3.95. The summed E-state index contributed by atoms with van der Waals surface area (Å²) in [6.45, 7) is 3.88. The van der Waals surface area contributed by atoms with Crippen LogP contribution in [0.25, 0.3) is 0 Å². The molecular weight excluding hydrogens is 306 g/mol. The van der Waals surface area contributed by atoms with Crippen molar-refractivity contribution in [2.45, 2.75) is 31.7 Å². The van der Waals surface area contributed by atoms with Gasteiger partial charge in [-0.15, -0.1) is 11.3 Å². The highest BCUT2D eigenvalue weighted by atomic mass is 32.2. The molecule has 21 heavy (non-hydrogen) atoms. The van der Waals surface area contributed by atoms with Crippen molar-refractivity contribution < 1.29 is 8.42 Å². The molecule has 1 N–H and O–H groups in total. The van der Waals surface area contributed by atoms with Gasteiger partial charge >= 0.3 is 0 Å². The van der Waals surface area contributed by atoms with Crippen molar-refractivity contribution in [2.75, 3.05) is 0 Å². The van der Waals surface area contributed by atoms with Crippen LogP contribution >= 0.6 is 11.3 Å². The van der Waals surface area contributed by atoms with Crippen LogP contribution in [0.4, 0.5) is 0 Å². The van der Waals surface area contributed by atoms with Gasteiger partial charge in [-0.05, 0) is 37.1 Å². The standard InChI is InChI=1S/C14H15N3O2S2/c1-3-12-8-16-14(20-12)9-17-21(18,19)13-5-4-11(7-15)6-10(13)2/h4-6,8,17H,3,9H2,1-2H3. The molecule has 7 heteroatoms. The van der Waals surface area contributed by atoms with E-state index in [0.717, 1.165) is 16.3 Å². The van der Waals surface area contributed by atoms with Gasteiger partial charge in [0.15, 0.2) is 0 Å². The fourth-order valence-electron chi connectivity index (χ4n) is 1.85. The van der Waals surface area contributed by atoms with Crippen LogP contribution < -0.4 is 4.72 Å². The number of nitrogens with zero attached hydrogens (tertiary/aromatic N) is 2. The monoisotopic (exact) mass is 321 g/mol. The molecule has 0 saturated heterocycles. The number of sulfonamides is 1. The highest BCUT2D eigenvalue weighted by molar-refractivity contribution is 7.89. The number of hydrogen-bond acceptors (Lipinski definition) is 5. The summed E-state index contributed by atoms with van der Waals surface area (Å²) in [4.78, 5) is 5.49. The maximum atomic E-state index is 12.3. The van der Waals surface area contributed by atoms with E-state index in [4.69, 9.17) is 5.26 Å². The summed E-state index contributed by atoms with van der Waals surface area (Å²) in [6.07, 6.45) is 2.65. The first-order valence-electron chi connectivity index (χ1n) is 6.40. The zero-order valence-corrected chi connectivity index (χ0v) is 13.4. The summed E-state index contributed by atoms with van der Waals surface area (Å²) in [5.41, 5.74) is 0.994. The van der Waals surface area contributed by atoms with Crippen molar-refractivity contribution >= 4 is 21.4 Å². The Labute approximate surface area is 128 Å². The predicted octanol–water partition coefficient (Wildman–Crippen LogP) is 2.36. The van der Waals surface area contributed by atoms with Crippen molar-refractivity contribution in [1.82, 2.24) is 9.71 Å². The van der Waals surface area contributed by atoms with Crippen molar-refractivity contribution in [3.05, 3.63) is 45.4 Å². The van der Waals surface area contributed by atoms with E-state index in [1.54, 1.807) is 19.2 Å². The highest BCUT2D eigenvalue weighted by Gasteiger charge is 2.17. The number of aromatic nitrogens is 1. The van der Waals surface area contributed by atoms with Crippen LogP contribution in [-0.4, -0.2) is 13.4 Å². The largest absolute Gasteiger partial charge is 0.248 e. The van der Waals surface area contributed by atoms with E-state index in [1.165, 1.54) is 23.5 Å². The van der Waals surface area contributed by atoms with Crippen LogP contribution in [-0.2, 0) is 23.0 Å². The highest BCUT2D eigenvalue weighted by Crippen LogP contribution is 2.18. The van der Waals surface area contributed by atoms with Crippen molar-refractivity contribution in [1.29, 1.82) is 5.26 Å². The molecule has 1 aromatic carbocycles. The maximum absolute atomic E-state index is 12.3. The normalized spacial score (nSPS) is 11.3. The number of nitrogens with one attached hydrogen (secondary N) is 1. The molecule has 0 bridgehead atoms. The molecule has 5 nitrogen and oxygen atoms in total. The van der Waals surface area contributed by atoms with E-state index >= 15 is 0 Å². The average molecular weight is 321 g/mol. The Kier molecular flexibility index (Phi) is 4.73. The second-order valence-electron chi connectivity index (χ2n) is 4.49. The van der Waals surface area contributed by atoms with E-state index in [9.17, 15) is 8.42 Å². The third-order valence-electron chi connectivity index (χ3n) is 2.96. The Morgan fingerprint density at radius 2 is 2.19 bits per heavy atom. The summed E-state index contributed by atoms with van der Waals surface area (Å²) in [5, 5.41) is 9.55. The van der Waals surface area contributed by atoms with Gasteiger partial charge in [0.2, 0.25) is 10.0 Å². The Bertz CT molecular complexity index is 789. The number of benzene rings is 1. The molecule has 1 aromatic heterocycles. The summed E-state index contributed by atoms with van der Waals surface area (Å²) in [6, 6.07) is 6.51. The Morgan fingerprint density at radius 3 is 2.76 bits per heavy atom. The molecule has 110 valence electrons. The maximum Gasteiger partial charge on any atom is 0.241 e. The Hall–Kier alpha value is -1.75. The summed E-state index contributed by atoms with van der Waals surface area (Å²) in [5.74, 6) is 0.